The van der Waals surface area contributed by atoms with Crippen LogP contribution in [0.15, 0.2) is 17.4 Å². The molecular formula is C12H13Cl2N5OS. The molecule has 3 rings (SSSR count). The van der Waals surface area contributed by atoms with Crippen LogP contribution in [0.3, 0.4) is 0 Å². The molecule has 2 aromatic heterocycles. The molecule has 1 aliphatic rings. The molecular weight excluding hydrogens is 333 g/mol. The molecule has 0 unspecified atom stereocenters. The van der Waals surface area contributed by atoms with Crippen LogP contribution >= 0.6 is 35.0 Å². The molecule has 1 fully saturated rings. The molecule has 21 heavy (non-hydrogen) atoms. The van der Waals surface area contributed by atoms with Crippen molar-refractivity contribution in [2.24, 2.45) is 0 Å². The highest BCUT2D eigenvalue weighted by Gasteiger charge is 2.21. The summed E-state index contributed by atoms with van der Waals surface area (Å²) < 4.78 is 7.24. The van der Waals surface area contributed by atoms with E-state index in [1.165, 1.54) is 11.8 Å². The Kier molecular flexibility index (Phi) is 4.95. The van der Waals surface area contributed by atoms with Gasteiger partial charge in [0.15, 0.2) is 0 Å². The number of nitrogens with zero attached hydrogens (tertiary/aromatic N) is 5. The van der Waals surface area contributed by atoms with Crippen LogP contribution in [0.5, 0.6) is 0 Å². The van der Waals surface area contributed by atoms with E-state index in [0.717, 1.165) is 36.9 Å². The predicted molar refractivity (Wildman–Crippen MR) is 80.7 cm³/mol. The molecule has 1 saturated heterocycles. The molecule has 3 heterocycles. The van der Waals surface area contributed by atoms with E-state index in [1.54, 1.807) is 12.3 Å². The van der Waals surface area contributed by atoms with Gasteiger partial charge in [-0.3, -0.25) is 4.98 Å². The van der Waals surface area contributed by atoms with E-state index < -0.39 is 0 Å². The third-order valence-corrected chi connectivity index (χ3v) is 4.70. The number of halogens is 2. The van der Waals surface area contributed by atoms with Gasteiger partial charge in [-0.2, -0.15) is 0 Å². The molecule has 0 saturated carbocycles. The number of rotatable bonds is 4. The zero-order valence-electron chi connectivity index (χ0n) is 11.1. The highest BCUT2D eigenvalue weighted by molar-refractivity contribution is 7.98. The van der Waals surface area contributed by atoms with Crippen LogP contribution in [0.4, 0.5) is 0 Å². The molecule has 0 atom stereocenters. The highest BCUT2D eigenvalue weighted by Crippen LogP contribution is 2.28. The van der Waals surface area contributed by atoms with Crippen LogP contribution in [0.25, 0.3) is 0 Å². The molecule has 0 spiro atoms. The molecule has 0 amide bonds. The normalized spacial score (nSPS) is 16.3. The van der Waals surface area contributed by atoms with Crippen molar-refractivity contribution in [3.8, 4) is 0 Å². The van der Waals surface area contributed by atoms with Gasteiger partial charge < -0.3 is 4.74 Å². The van der Waals surface area contributed by atoms with Crippen molar-refractivity contribution < 1.29 is 4.74 Å². The van der Waals surface area contributed by atoms with Crippen LogP contribution in [-0.4, -0.2) is 38.4 Å². The van der Waals surface area contributed by atoms with Crippen molar-refractivity contribution in [3.63, 3.8) is 0 Å². The maximum absolute atomic E-state index is 6.12. The van der Waals surface area contributed by atoms with Crippen molar-refractivity contribution in [1.29, 1.82) is 0 Å². The Hall–Kier alpha value is -0.890. The summed E-state index contributed by atoms with van der Waals surface area (Å²) in [6, 6.07) is 1.98. The Morgan fingerprint density at radius 3 is 2.90 bits per heavy atom. The molecule has 0 N–H and O–H groups in total. The van der Waals surface area contributed by atoms with Crippen molar-refractivity contribution in [2.75, 3.05) is 13.2 Å². The fourth-order valence-electron chi connectivity index (χ4n) is 2.12. The minimum absolute atomic E-state index is 0.296. The van der Waals surface area contributed by atoms with Crippen molar-refractivity contribution in [1.82, 2.24) is 25.2 Å². The maximum atomic E-state index is 6.12. The van der Waals surface area contributed by atoms with Gasteiger partial charge in [0.1, 0.15) is 0 Å². The van der Waals surface area contributed by atoms with Gasteiger partial charge in [-0.1, -0.05) is 35.0 Å². The van der Waals surface area contributed by atoms with E-state index in [9.17, 15) is 0 Å². The van der Waals surface area contributed by atoms with E-state index in [-0.39, 0.29) is 0 Å². The van der Waals surface area contributed by atoms with Crippen molar-refractivity contribution in [3.05, 3.63) is 28.0 Å². The standard InChI is InChI=1S/C12H13Cl2N5OS/c13-8-5-10(14)11(15-6-8)7-21-12-16-17-18-19(12)9-1-3-20-4-2-9/h5-6,9H,1-4,7H2. The minimum Gasteiger partial charge on any atom is -0.381 e. The van der Waals surface area contributed by atoms with Crippen LogP contribution in [0.2, 0.25) is 10.0 Å². The highest BCUT2D eigenvalue weighted by atomic mass is 35.5. The summed E-state index contributed by atoms with van der Waals surface area (Å²) in [5.74, 6) is 0.597. The summed E-state index contributed by atoms with van der Waals surface area (Å²) in [7, 11) is 0. The van der Waals surface area contributed by atoms with Gasteiger partial charge >= 0.3 is 0 Å². The zero-order valence-corrected chi connectivity index (χ0v) is 13.4. The second-order valence-corrected chi connectivity index (χ2v) is 6.41. The Labute approximate surface area is 136 Å². The number of pyridine rings is 1. The molecule has 2 aromatic rings. The van der Waals surface area contributed by atoms with Gasteiger partial charge in [0.25, 0.3) is 0 Å². The summed E-state index contributed by atoms with van der Waals surface area (Å²) in [5.41, 5.74) is 0.771. The monoisotopic (exact) mass is 345 g/mol. The third-order valence-electron chi connectivity index (χ3n) is 3.22. The summed E-state index contributed by atoms with van der Waals surface area (Å²) in [6.45, 7) is 1.50. The molecule has 6 nitrogen and oxygen atoms in total. The quantitative estimate of drug-likeness (QED) is 0.793. The van der Waals surface area contributed by atoms with E-state index in [0.29, 0.717) is 21.8 Å². The van der Waals surface area contributed by atoms with E-state index in [1.807, 2.05) is 4.68 Å². The molecule has 112 valence electrons. The lowest BCUT2D eigenvalue weighted by atomic mass is 10.1. The summed E-state index contributed by atoms with van der Waals surface area (Å²) in [6.07, 6.45) is 3.45. The van der Waals surface area contributed by atoms with Crippen LogP contribution in [0.1, 0.15) is 24.6 Å². The van der Waals surface area contributed by atoms with E-state index >= 15 is 0 Å². The average Bonchev–Trinajstić information content (AvgIpc) is 2.96. The summed E-state index contributed by atoms with van der Waals surface area (Å²) in [4.78, 5) is 4.24. The molecule has 9 heteroatoms. The topological polar surface area (TPSA) is 65.7 Å². The van der Waals surface area contributed by atoms with Crippen molar-refractivity contribution in [2.45, 2.75) is 29.8 Å². The smallest absolute Gasteiger partial charge is 0.209 e. The van der Waals surface area contributed by atoms with Gasteiger partial charge in [0.05, 0.1) is 21.8 Å². The first-order chi connectivity index (χ1) is 10.2. The minimum atomic E-state index is 0.296. The lowest BCUT2D eigenvalue weighted by Crippen LogP contribution is -2.21. The van der Waals surface area contributed by atoms with Crippen molar-refractivity contribution >= 4 is 35.0 Å². The first-order valence-corrected chi connectivity index (χ1v) is 8.26. The SMILES string of the molecule is Clc1cnc(CSc2nnnn2C2CCOCC2)c(Cl)c1. The molecule has 0 aliphatic carbocycles. The van der Waals surface area contributed by atoms with Gasteiger partial charge in [0.2, 0.25) is 5.16 Å². The number of hydrogen-bond donors (Lipinski definition) is 0. The largest absolute Gasteiger partial charge is 0.381 e. The predicted octanol–water partition coefficient (Wildman–Crippen LogP) is 3.02. The summed E-state index contributed by atoms with van der Waals surface area (Å²) >= 11 is 13.5. The van der Waals surface area contributed by atoms with Crippen LogP contribution in [0, 0.1) is 0 Å². The number of hydrogen-bond acceptors (Lipinski definition) is 6. The first-order valence-electron chi connectivity index (χ1n) is 6.52. The first kappa shape index (κ1) is 15.0. The zero-order chi connectivity index (χ0) is 14.7. The third kappa shape index (κ3) is 3.66. The number of thioether (sulfide) groups is 1. The Balaban J connectivity index is 1.69. The molecule has 0 bridgehead atoms. The Morgan fingerprint density at radius 2 is 2.14 bits per heavy atom. The summed E-state index contributed by atoms with van der Waals surface area (Å²) in [5, 5.41) is 13.8. The van der Waals surface area contributed by atoms with Gasteiger partial charge in [0, 0.05) is 25.2 Å². The Morgan fingerprint density at radius 1 is 1.33 bits per heavy atom. The number of ether oxygens (including phenoxy) is 1. The lowest BCUT2D eigenvalue weighted by Gasteiger charge is -2.22. The van der Waals surface area contributed by atoms with Gasteiger partial charge in [-0.15, -0.1) is 5.10 Å². The fraction of sp³-hybridized carbons (Fsp3) is 0.500. The molecule has 0 radical (unpaired) electrons. The Bertz CT molecular complexity index is 617. The lowest BCUT2D eigenvalue weighted by molar-refractivity contribution is 0.0631. The fourth-order valence-corrected chi connectivity index (χ4v) is 3.56. The van der Waals surface area contributed by atoms with E-state index in [2.05, 4.69) is 20.5 Å². The second kappa shape index (κ2) is 6.91. The maximum Gasteiger partial charge on any atom is 0.209 e. The van der Waals surface area contributed by atoms with Crippen LogP contribution < -0.4 is 0 Å². The number of tetrazole rings is 1. The average molecular weight is 346 g/mol. The number of aromatic nitrogens is 5. The van der Waals surface area contributed by atoms with Gasteiger partial charge in [-0.25, -0.2) is 4.68 Å². The van der Waals surface area contributed by atoms with E-state index in [4.69, 9.17) is 27.9 Å². The van der Waals surface area contributed by atoms with Gasteiger partial charge in [-0.05, 0) is 29.3 Å². The molecule has 0 aromatic carbocycles. The van der Waals surface area contributed by atoms with Crippen LogP contribution in [-0.2, 0) is 10.5 Å². The molecule has 1 aliphatic heterocycles. The second-order valence-electron chi connectivity index (χ2n) is 4.62.